The van der Waals surface area contributed by atoms with Gasteiger partial charge in [-0.2, -0.15) is 0 Å². The molecule has 102 valence electrons. The van der Waals surface area contributed by atoms with Crippen molar-refractivity contribution in [1.29, 1.82) is 0 Å². The number of carboxylic acid groups (broad SMARTS) is 1. The molecule has 1 atom stereocenters. The molecule has 2 bridgehead atoms. The number of nitrogens with zero attached hydrogens (tertiary/aromatic N) is 2. The minimum atomic E-state index is -0.630. The molecule has 4 aliphatic rings. The second kappa shape index (κ2) is 3.39. The smallest absolute Gasteiger partial charge is 0.309 e. The van der Waals surface area contributed by atoms with E-state index in [0.29, 0.717) is 6.10 Å². The SMILES string of the molecule is Cc1c(C23CC(C(=O)O)(C2)C3)ncn1CC1CCO1. The Labute approximate surface area is 111 Å². The maximum Gasteiger partial charge on any atom is 0.309 e. The molecule has 5 nitrogen and oxygen atoms in total. The van der Waals surface area contributed by atoms with Crippen LogP contribution in [0.5, 0.6) is 0 Å². The van der Waals surface area contributed by atoms with Crippen molar-refractivity contribution >= 4 is 5.97 Å². The van der Waals surface area contributed by atoms with Gasteiger partial charge in [0.05, 0.1) is 30.1 Å². The van der Waals surface area contributed by atoms with E-state index in [1.54, 1.807) is 0 Å². The quantitative estimate of drug-likeness (QED) is 0.892. The van der Waals surface area contributed by atoms with Gasteiger partial charge in [0.1, 0.15) is 0 Å². The number of ether oxygens (including phenoxy) is 1. The summed E-state index contributed by atoms with van der Waals surface area (Å²) in [7, 11) is 0. The fourth-order valence-corrected chi connectivity index (χ4v) is 4.06. The zero-order valence-electron chi connectivity index (χ0n) is 11.1. The highest BCUT2D eigenvalue weighted by Crippen LogP contribution is 2.73. The van der Waals surface area contributed by atoms with Crippen LogP contribution in [0, 0.1) is 12.3 Å². The molecule has 19 heavy (non-hydrogen) atoms. The number of imidazole rings is 1. The van der Waals surface area contributed by atoms with Crippen molar-refractivity contribution in [3.63, 3.8) is 0 Å². The minimum Gasteiger partial charge on any atom is -0.481 e. The highest BCUT2D eigenvalue weighted by Gasteiger charge is 2.73. The third-order valence-corrected chi connectivity index (χ3v) is 5.28. The van der Waals surface area contributed by atoms with Crippen LogP contribution in [0.2, 0.25) is 0 Å². The Hall–Kier alpha value is -1.36. The second-order valence-electron chi connectivity index (χ2n) is 6.51. The molecule has 1 unspecified atom stereocenters. The molecule has 1 aromatic rings. The van der Waals surface area contributed by atoms with Crippen molar-refractivity contribution in [2.45, 2.75) is 50.7 Å². The van der Waals surface area contributed by atoms with E-state index in [4.69, 9.17) is 4.74 Å². The first-order valence-corrected chi connectivity index (χ1v) is 6.92. The van der Waals surface area contributed by atoms with Crippen LogP contribution in [0.25, 0.3) is 0 Å². The third kappa shape index (κ3) is 1.34. The summed E-state index contributed by atoms with van der Waals surface area (Å²) in [5.41, 5.74) is 1.95. The standard InChI is InChI=1S/C14H18N2O3/c1-9-11(13-5-14(6-13,7-13)12(17)18)15-8-16(9)4-10-2-3-19-10/h8,10H,2-7H2,1H3,(H,17,18). The van der Waals surface area contributed by atoms with Crippen LogP contribution in [0.15, 0.2) is 6.33 Å². The maximum atomic E-state index is 11.2. The summed E-state index contributed by atoms with van der Waals surface area (Å²) in [4.78, 5) is 15.7. The average Bonchev–Trinajstić information content (AvgIpc) is 2.51. The van der Waals surface area contributed by atoms with Crippen molar-refractivity contribution in [1.82, 2.24) is 9.55 Å². The number of rotatable bonds is 4. The number of carboxylic acids is 1. The Morgan fingerprint density at radius 2 is 2.26 bits per heavy atom. The molecule has 1 aromatic heterocycles. The van der Waals surface area contributed by atoms with Crippen LogP contribution in [0.1, 0.15) is 37.1 Å². The normalized spacial score (nSPS) is 39.1. The Kier molecular flexibility index (Phi) is 2.05. The molecule has 3 aliphatic carbocycles. The van der Waals surface area contributed by atoms with E-state index >= 15 is 0 Å². The van der Waals surface area contributed by atoms with Crippen LogP contribution in [-0.2, 0) is 21.5 Å². The molecule has 5 heteroatoms. The first-order chi connectivity index (χ1) is 9.05. The number of carbonyl (C=O) groups is 1. The van der Waals surface area contributed by atoms with Crippen LogP contribution in [0.4, 0.5) is 0 Å². The molecule has 3 saturated carbocycles. The largest absolute Gasteiger partial charge is 0.481 e. The van der Waals surface area contributed by atoms with Gasteiger partial charge >= 0.3 is 5.97 Å². The zero-order valence-corrected chi connectivity index (χ0v) is 11.1. The first-order valence-electron chi connectivity index (χ1n) is 6.92. The molecule has 0 spiro atoms. The predicted molar refractivity (Wildman–Crippen MR) is 66.9 cm³/mol. The van der Waals surface area contributed by atoms with E-state index < -0.39 is 11.4 Å². The molecule has 0 radical (unpaired) electrons. The molecule has 1 saturated heterocycles. The van der Waals surface area contributed by atoms with Crippen molar-refractivity contribution < 1.29 is 14.6 Å². The van der Waals surface area contributed by atoms with Crippen LogP contribution in [-0.4, -0.2) is 33.3 Å². The fraction of sp³-hybridized carbons (Fsp3) is 0.714. The minimum absolute atomic E-state index is 0.0637. The Bertz CT molecular complexity index is 539. The third-order valence-electron chi connectivity index (χ3n) is 5.28. The lowest BCUT2D eigenvalue weighted by Gasteiger charge is -2.67. The molecular formula is C14H18N2O3. The van der Waals surface area contributed by atoms with Crippen molar-refractivity contribution in [2.75, 3.05) is 6.61 Å². The Morgan fingerprint density at radius 3 is 2.79 bits per heavy atom. The predicted octanol–water partition coefficient (Wildman–Crippen LogP) is 1.49. The van der Waals surface area contributed by atoms with Crippen LogP contribution in [0.3, 0.4) is 0 Å². The van der Waals surface area contributed by atoms with E-state index in [2.05, 4.69) is 16.5 Å². The lowest BCUT2D eigenvalue weighted by atomic mass is 9.34. The van der Waals surface area contributed by atoms with Crippen LogP contribution >= 0.6 is 0 Å². The fourth-order valence-electron chi connectivity index (χ4n) is 4.06. The molecular weight excluding hydrogens is 244 g/mol. The van der Waals surface area contributed by atoms with Gasteiger partial charge in [-0.25, -0.2) is 4.98 Å². The monoisotopic (exact) mass is 262 g/mol. The molecule has 4 fully saturated rings. The van der Waals surface area contributed by atoms with Gasteiger partial charge in [0.15, 0.2) is 0 Å². The molecule has 1 N–H and O–H groups in total. The highest BCUT2D eigenvalue weighted by atomic mass is 16.5. The van der Waals surface area contributed by atoms with Gasteiger partial charge in [-0.1, -0.05) is 0 Å². The van der Waals surface area contributed by atoms with Crippen molar-refractivity contribution in [2.24, 2.45) is 5.41 Å². The summed E-state index contributed by atoms with van der Waals surface area (Å²) >= 11 is 0. The zero-order chi connectivity index (χ0) is 13.3. The van der Waals surface area contributed by atoms with E-state index in [1.165, 1.54) is 5.69 Å². The molecule has 0 amide bonds. The summed E-state index contributed by atoms with van der Waals surface area (Å²) in [6.07, 6.45) is 5.66. The molecule has 1 aliphatic heterocycles. The Morgan fingerprint density at radius 1 is 1.58 bits per heavy atom. The first kappa shape index (κ1) is 11.5. The summed E-state index contributed by atoms with van der Waals surface area (Å²) in [6, 6.07) is 0. The van der Waals surface area contributed by atoms with Gasteiger partial charge in [0.2, 0.25) is 0 Å². The summed E-state index contributed by atoms with van der Waals surface area (Å²) < 4.78 is 7.62. The number of hydrogen-bond donors (Lipinski definition) is 1. The van der Waals surface area contributed by atoms with Gasteiger partial charge in [-0.15, -0.1) is 0 Å². The number of aromatic nitrogens is 2. The van der Waals surface area contributed by atoms with Gasteiger partial charge in [-0.3, -0.25) is 4.79 Å². The maximum absolute atomic E-state index is 11.2. The molecule has 5 rings (SSSR count). The average molecular weight is 262 g/mol. The Balaban J connectivity index is 1.53. The topological polar surface area (TPSA) is 64.3 Å². The highest BCUT2D eigenvalue weighted by molar-refractivity contribution is 5.80. The van der Waals surface area contributed by atoms with E-state index in [-0.39, 0.29) is 5.41 Å². The van der Waals surface area contributed by atoms with Crippen LogP contribution < -0.4 is 0 Å². The summed E-state index contributed by atoms with van der Waals surface area (Å²) in [5.74, 6) is -0.630. The van der Waals surface area contributed by atoms with E-state index in [9.17, 15) is 9.90 Å². The van der Waals surface area contributed by atoms with E-state index in [1.807, 2.05) is 6.33 Å². The van der Waals surface area contributed by atoms with Gasteiger partial charge in [0.25, 0.3) is 0 Å². The van der Waals surface area contributed by atoms with E-state index in [0.717, 1.165) is 44.5 Å². The van der Waals surface area contributed by atoms with Gasteiger partial charge < -0.3 is 14.4 Å². The lowest BCUT2D eigenvalue weighted by Crippen LogP contribution is -2.68. The number of aliphatic carboxylic acids is 1. The van der Waals surface area contributed by atoms with Crippen molar-refractivity contribution in [3.05, 3.63) is 17.7 Å². The summed E-state index contributed by atoms with van der Waals surface area (Å²) in [6.45, 7) is 3.84. The van der Waals surface area contributed by atoms with Gasteiger partial charge in [-0.05, 0) is 32.6 Å². The molecule has 2 heterocycles. The van der Waals surface area contributed by atoms with Gasteiger partial charge in [0, 0.05) is 17.7 Å². The second-order valence-corrected chi connectivity index (χ2v) is 6.51. The molecule has 0 aromatic carbocycles. The van der Waals surface area contributed by atoms with Crippen molar-refractivity contribution in [3.8, 4) is 0 Å². The lowest BCUT2D eigenvalue weighted by molar-refractivity contribution is -0.195. The summed E-state index contributed by atoms with van der Waals surface area (Å²) in [5, 5.41) is 9.18. The number of hydrogen-bond acceptors (Lipinski definition) is 3.